The molecule has 13 heteroatoms. The molecule has 0 aromatic carbocycles. The molecule has 9 nitrogen and oxygen atoms in total. The highest BCUT2D eigenvalue weighted by Gasteiger charge is 2.70. The van der Waals surface area contributed by atoms with Gasteiger partial charge in [0.25, 0.3) is 0 Å². The van der Waals surface area contributed by atoms with Gasteiger partial charge in [-0.3, -0.25) is 14.5 Å². The largest absolute Gasteiger partial charge is 0.477 e. The number of alkyl halides is 3. The molecule has 2 bridgehead atoms. The van der Waals surface area contributed by atoms with Crippen LogP contribution in [0, 0.1) is 29.6 Å². The lowest BCUT2D eigenvalue weighted by atomic mass is 9.72. The van der Waals surface area contributed by atoms with Gasteiger partial charge < -0.3 is 15.3 Å². The third kappa shape index (κ3) is 2.95. The van der Waals surface area contributed by atoms with Gasteiger partial charge >= 0.3 is 12.1 Å². The van der Waals surface area contributed by atoms with Gasteiger partial charge in [-0.1, -0.05) is 16.8 Å². The minimum atomic E-state index is -4.58. The number of aromatic nitrogens is 1. The van der Waals surface area contributed by atoms with Crippen molar-refractivity contribution < 1.29 is 37.5 Å². The van der Waals surface area contributed by atoms with E-state index in [1.807, 2.05) is 0 Å². The van der Waals surface area contributed by atoms with Crippen LogP contribution in [0.25, 0.3) is 0 Å². The molecule has 3 fully saturated rings. The fourth-order valence-electron chi connectivity index (χ4n) is 5.59. The fraction of sp³-hybridized carbons (Fsp3) is 0.526. The first-order valence-corrected chi connectivity index (χ1v) is 10.3. The van der Waals surface area contributed by atoms with E-state index in [2.05, 4.69) is 15.5 Å². The van der Waals surface area contributed by atoms with E-state index in [4.69, 9.17) is 16.4 Å². The number of imide groups is 1. The SMILES string of the molecule is O=C(O)C1=NO[C@H]2[C@@H]3C[C@H]([C@@H]12)[C@@H]1C(=O)N(CCNc2ncc(C(F)(F)F)cc2Cl)C(=O)[C@@H]31. The number of pyridine rings is 1. The van der Waals surface area contributed by atoms with Crippen molar-refractivity contribution in [3.8, 4) is 0 Å². The van der Waals surface area contributed by atoms with E-state index in [9.17, 15) is 32.7 Å². The van der Waals surface area contributed by atoms with E-state index < -0.39 is 41.6 Å². The summed E-state index contributed by atoms with van der Waals surface area (Å²) in [5.74, 6) is -4.24. The van der Waals surface area contributed by atoms with Gasteiger partial charge in [0.05, 0.1) is 28.3 Å². The Hall–Kier alpha value is -2.89. The van der Waals surface area contributed by atoms with E-state index in [1.54, 1.807) is 0 Å². The van der Waals surface area contributed by atoms with Gasteiger partial charge in [-0.2, -0.15) is 13.2 Å². The quantitative estimate of drug-likeness (QED) is 0.627. The molecule has 1 aromatic rings. The van der Waals surface area contributed by atoms with Crippen LogP contribution < -0.4 is 5.32 Å². The van der Waals surface area contributed by atoms with Crippen LogP contribution in [-0.2, 0) is 25.4 Å². The molecule has 0 radical (unpaired) electrons. The number of oxime groups is 1. The Morgan fingerprint density at radius 3 is 2.56 bits per heavy atom. The summed E-state index contributed by atoms with van der Waals surface area (Å²) in [6.45, 7) is 0.00867. The summed E-state index contributed by atoms with van der Waals surface area (Å²) >= 11 is 5.86. The number of fused-ring (bicyclic) bond motifs is 8. The monoisotopic (exact) mass is 472 g/mol. The van der Waals surface area contributed by atoms with Gasteiger partial charge in [0, 0.05) is 25.2 Å². The molecular formula is C19H16ClF3N4O5. The molecule has 2 aliphatic heterocycles. The summed E-state index contributed by atoms with van der Waals surface area (Å²) < 4.78 is 38.2. The van der Waals surface area contributed by atoms with Gasteiger partial charge in [0.1, 0.15) is 11.9 Å². The lowest BCUT2D eigenvalue weighted by Gasteiger charge is -2.29. The van der Waals surface area contributed by atoms with E-state index in [0.717, 1.165) is 11.0 Å². The zero-order chi connectivity index (χ0) is 22.9. The third-order valence-corrected chi connectivity index (χ3v) is 7.09. The number of rotatable bonds is 5. The Balaban J connectivity index is 1.26. The molecule has 2 aliphatic carbocycles. The van der Waals surface area contributed by atoms with Gasteiger partial charge in [-0.25, -0.2) is 9.78 Å². The second-order valence-electron chi connectivity index (χ2n) is 8.30. The van der Waals surface area contributed by atoms with E-state index >= 15 is 0 Å². The summed E-state index contributed by atoms with van der Waals surface area (Å²) in [5, 5.41) is 15.5. The summed E-state index contributed by atoms with van der Waals surface area (Å²) in [6, 6.07) is 0.742. The lowest BCUT2D eigenvalue weighted by Crippen LogP contribution is -2.42. The molecule has 2 amide bonds. The second kappa shape index (κ2) is 7.06. The van der Waals surface area contributed by atoms with E-state index in [1.165, 1.54) is 0 Å². The number of aliphatic carboxylic acids is 1. The number of nitrogens with one attached hydrogen (secondary N) is 1. The second-order valence-corrected chi connectivity index (χ2v) is 8.71. The summed E-state index contributed by atoms with van der Waals surface area (Å²) in [5.41, 5.74) is -1.09. The van der Waals surface area contributed by atoms with Crippen LogP contribution in [-0.4, -0.2) is 57.7 Å². The molecule has 1 aromatic heterocycles. The van der Waals surface area contributed by atoms with Crippen molar-refractivity contribution in [3.05, 3.63) is 22.8 Å². The van der Waals surface area contributed by atoms with Crippen molar-refractivity contribution in [1.29, 1.82) is 0 Å². The first-order chi connectivity index (χ1) is 15.1. The first kappa shape index (κ1) is 21.0. The number of halogens is 4. The molecule has 4 aliphatic rings. The molecule has 0 unspecified atom stereocenters. The summed E-state index contributed by atoms with van der Waals surface area (Å²) in [7, 11) is 0. The molecule has 170 valence electrons. The Labute approximate surface area is 183 Å². The van der Waals surface area contributed by atoms with Crippen molar-refractivity contribution in [2.24, 2.45) is 34.7 Å². The van der Waals surface area contributed by atoms with Crippen LogP contribution in [0.1, 0.15) is 12.0 Å². The minimum Gasteiger partial charge on any atom is -0.477 e. The van der Waals surface area contributed by atoms with Crippen LogP contribution in [0.5, 0.6) is 0 Å². The lowest BCUT2D eigenvalue weighted by molar-refractivity contribution is -0.141. The van der Waals surface area contributed by atoms with Crippen molar-refractivity contribution >= 4 is 40.9 Å². The number of carboxylic acid groups (broad SMARTS) is 1. The van der Waals surface area contributed by atoms with Crippen molar-refractivity contribution in [2.45, 2.75) is 18.7 Å². The fourth-order valence-corrected chi connectivity index (χ4v) is 5.83. The number of likely N-dealkylation sites (tertiary alicyclic amines) is 1. The molecule has 2 N–H and O–H groups in total. The average Bonchev–Trinajstić information content (AvgIpc) is 3.44. The molecule has 32 heavy (non-hydrogen) atoms. The summed E-state index contributed by atoms with van der Waals surface area (Å²) in [4.78, 5) is 47.5. The maximum absolute atomic E-state index is 13.0. The van der Waals surface area contributed by atoms with Gasteiger partial charge in [0.15, 0.2) is 5.71 Å². The van der Waals surface area contributed by atoms with E-state index in [-0.39, 0.29) is 53.3 Å². The number of hydrogen-bond donors (Lipinski definition) is 2. The molecule has 1 saturated heterocycles. The number of amides is 2. The van der Waals surface area contributed by atoms with Crippen LogP contribution in [0.3, 0.4) is 0 Å². The topological polar surface area (TPSA) is 121 Å². The highest BCUT2D eigenvalue weighted by atomic mass is 35.5. The molecule has 6 atom stereocenters. The van der Waals surface area contributed by atoms with Gasteiger partial charge in [-0.15, -0.1) is 0 Å². The maximum atomic E-state index is 13.0. The Morgan fingerprint density at radius 1 is 1.25 bits per heavy atom. The minimum absolute atomic E-state index is 0.00395. The predicted molar refractivity (Wildman–Crippen MR) is 101 cm³/mol. The summed E-state index contributed by atoms with van der Waals surface area (Å²) in [6.07, 6.45) is -3.92. The van der Waals surface area contributed by atoms with Gasteiger partial charge in [0.2, 0.25) is 11.8 Å². The number of hydrogen-bond acceptors (Lipinski definition) is 7. The highest BCUT2D eigenvalue weighted by Crippen LogP contribution is 2.61. The molecule has 2 saturated carbocycles. The first-order valence-electron chi connectivity index (χ1n) is 9.88. The molecule has 3 heterocycles. The van der Waals surface area contributed by atoms with Crippen molar-refractivity contribution in [3.63, 3.8) is 0 Å². The molecular weight excluding hydrogens is 457 g/mol. The Kier molecular flexibility index (Phi) is 4.63. The standard InChI is InChI=1S/C19H16ClF3N4O5/c20-9-3-6(19(21,22)23)5-25-15(9)24-1-2-27-16(28)10-7-4-8(11(10)17(27)29)14-12(7)13(18(30)31)26-32-14/h3,5,7-8,10-12,14H,1-2,4H2,(H,24,25)(H,30,31)/t7-,8+,10-,11-,12-,14-/m0/s1. The van der Waals surface area contributed by atoms with Crippen LogP contribution in [0.4, 0.5) is 19.0 Å². The Bertz CT molecular complexity index is 1060. The zero-order valence-corrected chi connectivity index (χ0v) is 16.9. The maximum Gasteiger partial charge on any atom is 0.417 e. The number of carbonyl (C=O) groups excluding carboxylic acids is 2. The smallest absolute Gasteiger partial charge is 0.417 e. The van der Waals surface area contributed by atoms with Crippen LogP contribution >= 0.6 is 11.6 Å². The number of nitrogens with zero attached hydrogens (tertiary/aromatic N) is 3. The average molecular weight is 473 g/mol. The zero-order valence-electron chi connectivity index (χ0n) is 16.2. The van der Waals surface area contributed by atoms with Gasteiger partial charge in [-0.05, 0) is 18.4 Å². The van der Waals surface area contributed by atoms with Crippen molar-refractivity contribution in [1.82, 2.24) is 9.88 Å². The predicted octanol–water partition coefficient (Wildman–Crippen LogP) is 1.87. The number of carboxylic acids is 1. The number of anilines is 1. The molecule has 5 rings (SSSR count). The normalized spacial score (nSPS) is 32.6. The third-order valence-electron chi connectivity index (χ3n) is 6.80. The Morgan fingerprint density at radius 2 is 1.94 bits per heavy atom. The molecule has 0 spiro atoms. The van der Waals surface area contributed by atoms with Crippen LogP contribution in [0.2, 0.25) is 5.02 Å². The number of carbonyl (C=O) groups is 3. The van der Waals surface area contributed by atoms with Crippen molar-refractivity contribution in [2.75, 3.05) is 18.4 Å². The highest BCUT2D eigenvalue weighted by molar-refractivity contribution is 6.37. The van der Waals surface area contributed by atoms with E-state index in [0.29, 0.717) is 12.6 Å². The van der Waals surface area contributed by atoms with Crippen LogP contribution in [0.15, 0.2) is 17.4 Å².